The molecule has 2 heterocycles. The Balaban J connectivity index is 2.57. The van der Waals surface area contributed by atoms with Crippen LogP contribution in [0.5, 0.6) is 0 Å². The van der Waals surface area contributed by atoms with Crippen LogP contribution in [0.3, 0.4) is 0 Å². The van der Waals surface area contributed by atoms with E-state index in [9.17, 15) is 5.21 Å². The first-order valence-electron chi connectivity index (χ1n) is 3.70. The maximum absolute atomic E-state index is 9.31. The molecule has 11 heavy (non-hydrogen) atoms. The SMILES string of the molecule is Cc1nccc2c1CCN2O. The fourth-order valence-corrected chi connectivity index (χ4v) is 1.47. The number of hydrogen-bond donors (Lipinski definition) is 1. The first-order chi connectivity index (χ1) is 5.29. The van der Waals surface area contributed by atoms with Gasteiger partial charge in [0.05, 0.1) is 5.69 Å². The van der Waals surface area contributed by atoms with Crippen molar-refractivity contribution in [2.75, 3.05) is 11.6 Å². The molecule has 0 unspecified atom stereocenters. The van der Waals surface area contributed by atoms with Crippen molar-refractivity contribution < 1.29 is 5.21 Å². The fraction of sp³-hybridized carbons (Fsp3) is 0.375. The number of aryl methyl sites for hydroxylation is 1. The number of anilines is 1. The molecule has 2 rings (SSSR count). The van der Waals surface area contributed by atoms with Gasteiger partial charge in [-0.3, -0.25) is 15.3 Å². The Morgan fingerprint density at radius 1 is 1.64 bits per heavy atom. The predicted octanol–water partition coefficient (Wildman–Crippen LogP) is 1.14. The molecule has 1 aromatic rings. The van der Waals surface area contributed by atoms with Gasteiger partial charge in [0.1, 0.15) is 0 Å². The zero-order chi connectivity index (χ0) is 7.84. The lowest BCUT2D eigenvalue weighted by atomic mass is 10.1. The molecule has 0 saturated heterocycles. The normalized spacial score (nSPS) is 15.3. The number of nitrogens with zero attached hydrogens (tertiary/aromatic N) is 2. The van der Waals surface area contributed by atoms with Crippen LogP contribution in [0, 0.1) is 6.92 Å². The molecule has 0 bridgehead atoms. The standard InChI is InChI=1S/C8H10N2O/c1-6-7-3-5-10(11)8(7)2-4-9-6/h2,4,11H,3,5H2,1H3. The Morgan fingerprint density at radius 3 is 3.18 bits per heavy atom. The molecule has 0 atom stereocenters. The van der Waals surface area contributed by atoms with E-state index in [1.165, 1.54) is 10.6 Å². The summed E-state index contributed by atoms with van der Waals surface area (Å²) >= 11 is 0. The zero-order valence-corrected chi connectivity index (χ0v) is 6.41. The van der Waals surface area contributed by atoms with Crippen molar-refractivity contribution in [1.82, 2.24) is 4.98 Å². The summed E-state index contributed by atoms with van der Waals surface area (Å²) in [6.45, 7) is 2.67. The summed E-state index contributed by atoms with van der Waals surface area (Å²) in [7, 11) is 0. The van der Waals surface area contributed by atoms with Crippen LogP contribution in [0.15, 0.2) is 12.3 Å². The maximum Gasteiger partial charge on any atom is 0.0700 e. The third-order valence-electron chi connectivity index (χ3n) is 2.10. The van der Waals surface area contributed by atoms with Gasteiger partial charge in [0.25, 0.3) is 0 Å². The van der Waals surface area contributed by atoms with Crippen molar-refractivity contribution in [3.05, 3.63) is 23.5 Å². The van der Waals surface area contributed by atoms with Crippen LogP contribution >= 0.6 is 0 Å². The summed E-state index contributed by atoms with van der Waals surface area (Å²) in [6.07, 6.45) is 2.63. The zero-order valence-electron chi connectivity index (χ0n) is 6.41. The molecule has 1 aliphatic heterocycles. The lowest BCUT2D eigenvalue weighted by molar-refractivity contribution is 0.264. The van der Waals surface area contributed by atoms with Gasteiger partial charge < -0.3 is 0 Å². The molecular weight excluding hydrogens is 140 g/mol. The molecule has 1 N–H and O–H groups in total. The van der Waals surface area contributed by atoms with E-state index in [2.05, 4.69) is 4.98 Å². The molecule has 0 amide bonds. The van der Waals surface area contributed by atoms with E-state index < -0.39 is 0 Å². The first-order valence-corrected chi connectivity index (χ1v) is 3.70. The van der Waals surface area contributed by atoms with Gasteiger partial charge in [-0.1, -0.05) is 0 Å². The molecule has 3 heteroatoms. The second kappa shape index (κ2) is 2.20. The molecular formula is C8H10N2O. The highest BCUT2D eigenvalue weighted by Gasteiger charge is 2.18. The quantitative estimate of drug-likeness (QED) is 0.602. The highest BCUT2D eigenvalue weighted by Crippen LogP contribution is 2.26. The minimum atomic E-state index is 0.696. The number of rotatable bonds is 0. The topological polar surface area (TPSA) is 36.4 Å². The summed E-state index contributed by atoms with van der Waals surface area (Å²) in [4.78, 5) is 4.15. The van der Waals surface area contributed by atoms with E-state index in [4.69, 9.17) is 0 Å². The lowest BCUT2D eigenvalue weighted by Crippen LogP contribution is -2.13. The van der Waals surface area contributed by atoms with Crippen LogP contribution in [0.4, 0.5) is 5.69 Å². The van der Waals surface area contributed by atoms with Gasteiger partial charge >= 0.3 is 0 Å². The summed E-state index contributed by atoms with van der Waals surface area (Å²) < 4.78 is 0. The number of pyridine rings is 1. The Kier molecular flexibility index (Phi) is 1.32. The second-order valence-electron chi connectivity index (χ2n) is 2.77. The number of hydrogen-bond acceptors (Lipinski definition) is 3. The molecule has 0 fully saturated rings. The molecule has 0 aromatic carbocycles. The van der Waals surface area contributed by atoms with Crippen molar-refractivity contribution in [3.63, 3.8) is 0 Å². The largest absolute Gasteiger partial charge is 0.288 e. The van der Waals surface area contributed by atoms with Crippen molar-refractivity contribution in [2.45, 2.75) is 13.3 Å². The Hall–Kier alpha value is -1.09. The summed E-state index contributed by atoms with van der Waals surface area (Å²) in [5.74, 6) is 0. The third-order valence-corrected chi connectivity index (χ3v) is 2.10. The minimum absolute atomic E-state index is 0.696. The highest BCUT2D eigenvalue weighted by molar-refractivity contribution is 5.56. The maximum atomic E-state index is 9.31. The summed E-state index contributed by atoms with van der Waals surface area (Å²) in [6, 6.07) is 1.84. The van der Waals surface area contributed by atoms with Crippen molar-refractivity contribution >= 4 is 5.69 Å². The van der Waals surface area contributed by atoms with Gasteiger partial charge in [-0.25, -0.2) is 0 Å². The Bertz CT molecular complexity index is 285. The van der Waals surface area contributed by atoms with E-state index in [0.29, 0.717) is 6.54 Å². The molecule has 1 aromatic heterocycles. The van der Waals surface area contributed by atoms with E-state index in [1.807, 2.05) is 13.0 Å². The molecule has 3 nitrogen and oxygen atoms in total. The fourth-order valence-electron chi connectivity index (χ4n) is 1.47. The second-order valence-corrected chi connectivity index (χ2v) is 2.77. The number of aromatic nitrogens is 1. The Morgan fingerprint density at radius 2 is 2.45 bits per heavy atom. The average Bonchev–Trinajstić information content (AvgIpc) is 2.35. The summed E-state index contributed by atoms with van der Waals surface area (Å²) in [5.41, 5.74) is 3.12. The minimum Gasteiger partial charge on any atom is -0.288 e. The van der Waals surface area contributed by atoms with E-state index in [1.54, 1.807) is 6.20 Å². The van der Waals surface area contributed by atoms with E-state index in [-0.39, 0.29) is 0 Å². The first kappa shape index (κ1) is 6.61. The van der Waals surface area contributed by atoms with Gasteiger partial charge in [-0.05, 0) is 19.4 Å². The average molecular weight is 150 g/mol. The van der Waals surface area contributed by atoms with Crippen LogP contribution < -0.4 is 5.06 Å². The van der Waals surface area contributed by atoms with Crippen LogP contribution in [0.2, 0.25) is 0 Å². The molecule has 1 aliphatic rings. The molecule has 0 saturated carbocycles. The molecule has 0 aliphatic carbocycles. The lowest BCUT2D eigenvalue weighted by Gasteiger charge is -2.08. The van der Waals surface area contributed by atoms with Gasteiger partial charge in [0.15, 0.2) is 0 Å². The number of fused-ring (bicyclic) bond motifs is 1. The van der Waals surface area contributed by atoms with Crippen LogP contribution in [0.1, 0.15) is 11.3 Å². The molecule has 0 spiro atoms. The van der Waals surface area contributed by atoms with Crippen molar-refractivity contribution in [2.24, 2.45) is 0 Å². The van der Waals surface area contributed by atoms with Crippen LogP contribution in [0.25, 0.3) is 0 Å². The predicted molar refractivity (Wildman–Crippen MR) is 41.8 cm³/mol. The Labute approximate surface area is 65.2 Å². The van der Waals surface area contributed by atoms with Gasteiger partial charge in [0.2, 0.25) is 0 Å². The highest BCUT2D eigenvalue weighted by atomic mass is 16.5. The van der Waals surface area contributed by atoms with Gasteiger partial charge in [-0.15, -0.1) is 0 Å². The summed E-state index contributed by atoms with van der Waals surface area (Å²) in [5, 5.41) is 10.6. The van der Waals surface area contributed by atoms with E-state index >= 15 is 0 Å². The van der Waals surface area contributed by atoms with Crippen LogP contribution in [-0.2, 0) is 6.42 Å². The third kappa shape index (κ3) is 0.886. The molecule has 0 radical (unpaired) electrons. The van der Waals surface area contributed by atoms with Crippen molar-refractivity contribution in [3.8, 4) is 0 Å². The smallest absolute Gasteiger partial charge is 0.0700 e. The number of hydroxylamine groups is 1. The van der Waals surface area contributed by atoms with Crippen LogP contribution in [-0.4, -0.2) is 16.7 Å². The van der Waals surface area contributed by atoms with Gasteiger partial charge in [-0.2, -0.15) is 0 Å². The van der Waals surface area contributed by atoms with Gasteiger partial charge in [0, 0.05) is 24.0 Å². The van der Waals surface area contributed by atoms with E-state index in [0.717, 1.165) is 17.8 Å². The van der Waals surface area contributed by atoms with Crippen molar-refractivity contribution in [1.29, 1.82) is 0 Å². The monoisotopic (exact) mass is 150 g/mol. The molecule has 58 valence electrons.